The molecule has 0 aromatic carbocycles. The van der Waals surface area contributed by atoms with E-state index < -0.39 is 15.6 Å². The lowest BCUT2D eigenvalue weighted by Crippen LogP contribution is -2.32. The molecule has 0 spiro atoms. The highest BCUT2D eigenvalue weighted by Gasteiger charge is 2.27. The van der Waals surface area contributed by atoms with Crippen molar-refractivity contribution in [2.45, 2.75) is 0 Å². The first-order chi connectivity index (χ1) is 7.10. The molecule has 98 valence electrons. The molecule has 0 radical (unpaired) electrons. The Kier molecular flexibility index (Phi) is 6.88. The average molecular weight is 279 g/mol. The SMILES string of the molecule is CN1CCOCC1.O=P(O)(O)OP(=O)(O)O. The van der Waals surface area contributed by atoms with Gasteiger partial charge in [0.2, 0.25) is 0 Å². The molecule has 11 heteroatoms. The number of phosphoric acid groups is 2. The van der Waals surface area contributed by atoms with Crippen molar-refractivity contribution in [3.63, 3.8) is 0 Å². The second-order valence-corrected chi connectivity index (χ2v) is 5.59. The van der Waals surface area contributed by atoms with Crippen LogP contribution in [0.5, 0.6) is 0 Å². The normalized spacial score (nSPS) is 18.8. The molecule has 0 saturated carbocycles. The van der Waals surface area contributed by atoms with Gasteiger partial charge in [-0.05, 0) is 7.05 Å². The third-order valence-corrected chi connectivity index (χ3v) is 3.15. The minimum Gasteiger partial charge on any atom is -0.379 e. The quantitative estimate of drug-likeness (QED) is 0.475. The molecule has 9 nitrogen and oxygen atoms in total. The number of ether oxygens (including phenoxy) is 1. The van der Waals surface area contributed by atoms with Gasteiger partial charge >= 0.3 is 15.6 Å². The summed E-state index contributed by atoms with van der Waals surface area (Å²) in [5, 5.41) is 0. The number of hydrogen-bond donors (Lipinski definition) is 4. The fourth-order valence-corrected chi connectivity index (χ4v) is 1.90. The molecule has 0 aromatic heterocycles. The zero-order chi connectivity index (χ0) is 12.8. The van der Waals surface area contributed by atoms with E-state index in [9.17, 15) is 9.13 Å². The third-order valence-electron chi connectivity index (χ3n) is 1.45. The van der Waals surface area contributed by atoms with Gasteiger partial charge in [0.1, 0.15) is 0 Å². The summed E-state index contributed by atoms with van der Waals surface area (Å²) in [5.74, 6) is 0. The highest BCUT2D eigenvalue weighted by Crippen LogP contribution is 2.53. The Hall–Kier alpha value is 0.180. The minimum absolute atomic E-state index is 0.913. The molecular formula is C5H15NO8P2. The molecule has 0 amide bonds. The van der Waals surface area contributed by atoms with E-state index in [4.69, 9.17) is 24.3 Å². The van der Waals surface area contributed by atoms with Crippen molar-refractivity contribution in [1.82, 2.24) is 4.90 Å². The second-order valence-electron chi connectivity index (χ2n) is 2.98. The average Bonchev–Trinajstić information content (AvgIpc) is 1.99. The van der Waals surface area contributed by atoms with Gasteiger partial charge in [-0.1, -0.05) is 0 Å². The molecule has 0 unspecified atom stereocenters. The summed E-state index contributed by atoms with van der Waals surface area (Å²) < 4.78 is 27.3. The van der Waals surface area contributed by atoms with E-state index in [1.54, 1.807) is 0 Å². The van der Waals surface area contributed by atoms with Gasteiger partial charge in [-0.25, -0.2) is 9.13 Å². The summed E-state index contributed by atoms with van der Waals surface area (Å²) in [6, 6.07) is 0. The maximum absolute atomic E-state index is 9.63. The highest BCUT2D eigenvalue weighted by molar-refractivity contribution is 7.60. The van der Waals surface area contributed by atoms with E-state index in [1.165, 1.54) is 0 Å². The molecule has 1 rings (SSSR count). The van der Waals surface area contributed by atoms with Crippen molar-refractivity contribution in [3.05, 3.63) is 0 Å². The Balaban J connectivity index is 0.000000288. The Morgan fingerprint density at radius 2 is 1.44 bits per heavy atom. The topological polar surface area (TPSA) is 137 Å². The molecule has 0 aromatic rings. The molecule has 0 bridgehead atoms. The van der Waals surface area contributed by atoms with Gasteiger partial charge in [-0.3, -0.25) is 0 Å². The van der Waals surface area contributed by atoms with Crippen molar-refractivity contribution in [3.8, 4) is 0 Å². The summed E-state index contributed by atoms with van der Waals surface area (Å²) in [5.41, 5.74) is 0. The molecule has 16 heavy (non-hydrogen) atoms. The standard InChI is InChI=1S/C5H11NO.H4O7P2/c1-6-2-4-7-5-3-6;1-8(2,3)7-9(4,5)6/h2-5H2,1H3;(H2,1,2,3)(H2,4,5,6). The van der Waals surface area contributed by atoms with Gasteiger partial charge in [0, 0.05) is 13.1 Å². The van der Waals surface area contributed by atoms with E-state index in [0.717, 1.165) is 26.3 Å². The number of nitrogens with zero attached hydrogens (tertiary/aromatic N) is 1. The van der Waals surface area contributed by atoms with Gasteiger partial charge in [0.25, 0.3) is 0 Å². The molecule has 1 heterocycles. The van der Waals surface area contributed by atoms with Crippen LogP contribution in [0.1, 0.15) is 0 Å². The molecule has 1 aliphatic heterocycles. The first kappa shape index (κ1) is 16.2. The predicted molar refractivity (Wildman–Crippen MR) is 53.5 cm³/mol. The summed E-state index contributed by atoms with van der Waals surface area (Å²) in [6.45, 7) is 4.02. The van der Waals surface area contributed by atoms with Crippen LogP contribution in [0.3, 0.4) is 0 Å². The zero-order valence-electron chi connectivity index (χ0n) is 8.59. The Bertz CT molecular complexity index is 258. The highest BCUT2D eigenvalue weighted by atomic mass is 31.3. The van der Waals surface area contributed by atoms with Crippen LogP contribution in [0.15, 0.2) is 0 Å². The Morgan fingerprint density at radius 3 is 1.56 bits per heavy atom. The fraction of sp³-hybridized carbons (Fsp3) is 1.00. The maximum atomic E-state index is 9.63. The number of rotatable bonds is 2. The third kappa shape index (κ3) is 12.3. The zero-order valence-corrected chi connectivity index (χ0v) is 10.4. The Morgan fingerprint density at radius 1 is 1.06 bits per heavy atom. The molecule has 1 fully saturated rings. The van der Waals surface area contributed by atoms with Crippen LogP contribution in [-0.4, -0.2) is 57.8 Å². The van der Waals surface area contributed by atoms with E-state index in [0.29, 0.717) is 0 Å². The Labute approximate surface area is 92.5 Å². The van der Waals surface area contributed by atoms with E-state index in [2.05, 4.69) is 16.3 Å². The predicted octanol–water partition coefficient (Wildman–Crippen LogP) is -0.863. The fourth-order valence-electron chi connectivity index (χ4n) is 0.793. The lowest BCUT2D eigenvalue weighted by molar-refractivity contribution is 0.0503. The van der Waals surface area contributed by atoms with Crippen molar-refractivity contribution in [2.24, 2.45) is 0 Å². The van der Waals surface area contributed by atoms with Crippen LogP contribution in [0, 0.1) is 0 Å². The van der Waals surface area contributed by atoms with Crippen LogP contribution >= 0.6 is 15.6 Å². The molecule has 1 aliphatic rings. The lowest BCUT2D eigenvalue weighted by Gasteiger charge is -2.21. The molecule has 4 N–H and O–H groups in total. The van der Waals surface area contributed by atoms with E-state index in [1.807, 2.05) is 0 Å². The monoisotopic (exact) mass is 279 g/mol. The van der Waals surface area contributed by atoms with Gasteiger partial charge in [-0.2, -0.15) is 4.31 Å². The number of morpholine rings is 1. The maximum Gasteiger partial charge on any atom is 0.478 e. The first-order valence-corrected chi connectivity index (χ1v) is 7.25. The first-order valence-electron chi connectivity index (χ1n) is 4.19. The molecule has 0 atom stereocenters. The van der Waals surface area contributed by atoms with Gasteiger partial charge in [-0.15, -0.1) is 0 Å². The lowest BCUT2D eigenvalue weighted by atomic mass is 10.5. The van der Waals surface area contributed by atoms with Crippen molar-refractivity contribution in [2.75, 3.05) is 33.4 Å². The van der Waals surface area contributed by atoms with Crippen LogP contribution in [0.4, 0.5) is 0 Å². The number of likely N-dealkylation sites (N-methyl/N-ethyl adjacent to an activating group) is 1. The minimum atomic E-state index is -5.05. The summed E-state index contributed by atoms with van der Waals surface area (Å²) >= 11 is 0. The van der Waals surface area contributed by atoms with Crippen LogP contribution < -0.4 is 0 Å². The van der Waals surface area contributed by atoms with Gasteiger partial charge in [0.15, 0.2) is 0 Å². The molecule has 1 saturated heterocycles. The van der Waals surface area contributed by atoms with Crippen LogP contribution in [0.2, 0.25) is 0 Å². The van der Waals surface area contributed by atoms with Gasteiger partial charge < -0.3 is 29.2 Å². The summed E-state index contributed by atoms with van der Waals surface area (Å²) in [7, 11) is -7.99. The number of hydrogen-bond acceptors (Lipinski definition) is 5. The smallest absolute Gasteiger partial charge is 0.379 e. The molecule has 0 aliphatic carbocycles. The van der Waals surface area contributed by atoms with E-state index >= 15 is 0 Å². The second kappa shape index (κ2) is 6.80. The van der Waals surface area contributed by atoms with Gasteiger partial charge in [0.05, 0.1) is 13.2 Å². The van der Waals surface area contributed by atoms with Crippen molar-refractivity contribution >= 4 is 15.6 Å². The van der Waals surface area contributed by atoms with Crippen LogP contribution in [0.25, 0.3) is 0 Å². The molecular weight excluding hydrogens is 264 g/mol. The van der Waals surface area contributed by atoms with Crippen molar-refractivity contribution < 1.29 is 37.8 Å². The largest absolute Gasteiger partial charge is 0.478 e. The van der Waals surface area contributed by atoms with E-state index in [-0.39, 0.29) is 0 Å². The van der Waals surface area contributed by atoms with Crippen molar-refractivity contribution in [1.29, 1.82) is 0 Å². The summed E-state index contributed by atoms with van der Waals surface area (Å²) in [6.07, 6.45) is 0. The summed E-state index contributed by atoms with van der Waals surface area (Å²) in [4.78, 5) is 33.3. The van der Waals surface area contributed by atoms with Crippen LogP contribution in [-0.2, 0) is 18.2 Å².